The minimum Gasteiger partial charge on any atom is -1.00 e. The average Bonchev–Trinajstić information content (AvgIpc) is 3.04. The van der Waals surface area contributed by atoms with Crippen LogP contribution in [0.25, 0.3) is 10.9 Å². The fourth-order valence-electron chi connectivity index (χ4n) is 3.51. The maximum Gasteiger partial charge on any atom is 0.0726 e. The molecular formula is C21H23ClN3-. The third kappa shape index (κ3) is 3.29. The van der Waals surface area contributed by atoms with E-state index in [9.17, 15) is 0 Å². The minimum absolute atomic E-state index is 0. The van der Waals surface area contributed by atoms with Gasteiger partial charge in [-0.3, -0.25) is 4.98 Å². The summed E-state index contributed by atoms with van der Waals surface area (Å²) in [5, 5.41) is 4.91. The van der Waals surface area contributed by atoms with Gasteiger partial charge in [-0.15, -0.1) is 0 Å². The topological polar surface area (TPSA) is 28.2 Å². The Hall–Kier alpha value is -2.26. The molecule has 0 aliphatic heterocycles. The third-order valence-corrected chi connectivity index (χ3v) is 4.82. The maximum atomic E-state index is 4.89. The van der Waals surface area contributed by atoms with Gasteiger partial charge in [0.1, 0.15) is 0 Å². The molecule has 0 radical (unpaired) electrons. The first kappa shape index (κ1) is 17.6. The molecule has 130 valence electrons. The average molecular weight is 353 g/mol. The minimum atomic E-state index is 0. The quantitative estimate of drug-likeness (QED) is 0.779. The van der Waals surface area contributed by atoms with Crippen LogP contribution in [-0.2, 0) is 12.8 Å². The van der Waals surface area contributed by atoms with Crippen LogP contribution in [0, 0.1) is 6.92 Å². The predicted octanol–water partition coefficient (Wildman–Crippen LogP) is 1.85. The summed E-state index contributed by atoms with van der Waals surface area (Å²) in [6.45, 7) is 2.14. The Bertz CT molecular complexity index is 901. The van der Waals surface area contributed by atoms with E-state index >= 15 is 0 Å². The van der Waals surface area contributed by atoms with Gasteiger partial charge in [-0.05, 0) is 68.1 Å². The lowest BCUT2D eigenvalue weighted by Crippen LogP contribution is -3.00. The molecule has 0 unspecified atom stereocenters. The second kappa shape index (κ2) is 6.93. The van der Waals surface area contributed by atoms with Crippen molar-refractivity contribution in [1.82, 2.24) is 4.98 Å². The van der Waals surface area contributed by atoms with Crippen LogP contribution in [0.2, 0.25) is 0 Å². The predicted molar refractivity (Wildman–Crippen MR) is 103 cm³/mol. The molecule has 3 aromatic rings. The Morgan fingerprint density at radius 2 is 1.76 bits per heavy atom. The maximum absolute atomic E-state index is 4.89. The number of aromatic nitrogens is 1. The van der Waals surface area contributed by atoms with Gasteiger partial charge in [0.15, 0.2) is 0 Å². The van der Waals surface area contributed by atoms with Crippen LogP contribution in [0.4, 0.5) is 17.1 Å². The Kier molecular flexibility index (Phi) is 4.87. The molecule has 4 rings (SSSR count). The van der Waals surface area contributed by atoms with Crippen molar-refractivity contribution in [3.05, 3.63) is 59.3 Å². The molecule has 1 aliphatic carbocycles. The lowest BCUT2D eigenvalue weighted by Gasteiger charge is -2.17. The van der Waals surface area contributed by atoms with Gasteiger partial charge >= 0.3 is 0 Å². The molecule has 1 N–H and O–H groups in total. The number of hydrogen-bond donors (Lipinski definition) is 1. The van der Waals surface area contributed by atoms with Crippen molar-refractivity contribution in [2.45, 2.75) is 26.2 Å². The van der Waals surface area contributed by atoms with E-state index in [2.05, 4.69) is 73.7 Å². The SMILES string of the molecule is Cc1ccc2nc3c(c(Nc4ccc(N(C)C)cc4)c2c1)CCC3.[Cl-]. The smallest absolute Gasteiger partial charge is 0.0726 e. The number of benzene rings is 2. The molecule has 25 heavy (non-hydrogen) atoms. The van der Waals surface area contributed by atoms with Crippen LogP contribution in [0.1, 0.15) is 23.2 Å². The molecule has 0 saturated carbocycles. The van der Waals surface area contributed by atoms with Crippen molar-refractivity contribution in [2.75, 3.05) is 24.3 Å². The molecule has 1 aromatic heterocycles. The van der Waals surface area contributed by atoms with E-state index in [-0.39, 0.29) is 12.4 Å². The van der Waals surface area contributed by atoms with E-state index < -0.39 is 0 Å². The number of fused-ring (bicyclic) bond motifs is 2. The molecule has 2 aromatic carbocycles. The Balaban J connectivity index is 0.00000182. The fraction of sp³-hybridized carbons (Fsp3) is 0.286. The van der Waals surface area contributed by atoms with Crippen molar-refractivity contribution in [2.24, 2.45) is 0 Å². The molecule has 0 amide bonds. The number of aryl methyl sites for hydroxylation is 2. The molecule has 1 aliphatic rings. The van der Waals surface area contributed by atoms with Crippen molar-refractivity contribution in [3.8, 4) is 0 Å². The van der Waals surface area contributed by atoms with Crippen LogP contribution < -0.4 is 22.6 Å². The van der Waals surface area contributed by atoms with E-state index in [0.717, 1.165) is 24.0 Å². The Labute approximate surface area is 155 Å². The molecule has 0 bridgehead atoms. The molecular weight excluding hydrogens is 330 g/mol. The number of nitrogens with zero attached hydrogens (tertiary/aromatic N) is 2. The first-order valence-corrected chi connectivity index (χ1v) is 8.58. The second-order valence-corrected chi connectivity index (χ2v) is 6.85. The van der Waals surface area contributed by atoms with Crippen molar-refractivity contribution >= 4 is 28.0 Å². The Morgan fingerprint density at radius 1 is 1.00 bits per heavy atom. The van der Waals surface area contributed by atoms with E-state index in [1.165, 1.54) is 40.0 Å². The van der Waals surface area contributed by atoms with E-state index in [1.807, 2.05) is 0 Å². The number of nitrogens with one attached hydrogen (secondary N) is 1. The van der Waals surface area contributed by atoms with E-state index in [4.69, 9.17) is 4.98 Å². The van der Waals surface area contributed by atoms with Crippen LogP contribution >= 0.6 is 0 Å². The third-order valence-electron chi connectivity index (χ3n) is 4.82. The number of rotatable bonds is 3. The van der Waals surface area contributed by atoms with Crippen molar-refractivity contribution < 1.29 is 12.4 Å². The fourth-order valence-corrected chi connectivity index (χ4v) is 3.51. The first-order chi connectivity index (χ1) is 11.6. The second-order valence-electron chi connectivity index (χ2n) is 6.85. The van der Waals surface area contributed by atoms with Gasteiger partial charge in [-0.1, -0.05) is 11.6 Å². The lowest BCUT2D eigenvalue weighted by molar-refractivity contribution is -0.00000496. The highest BCUT2D eigenvalue weighted by molar-refractivity contribution is 5.96. The van der Waals surface area contributed by atoms with Gasteiger partial charge < -0.3 is 22.6 Å². The van der Waals surface area contributed by atoms with E-state index in [1.54, 1.807) is 0 Å². The largest absolute Gasteiger partial charge is 1.00 e. The van der Waals surface area contributed by atoms with Gasteiger partial charge in [-0.2, -0.15) is 0 Å². The summed E-state index contributed by atoms with van der Waals surface area (Å²) in [6.07, 6.45) is 3.41. The monoisotopic (exact) mass is 352 g/mol. The summed E-state index contributed by atoms with van der Waals surface area (Å²) in [7, 11) is 4.13. The highest BCUT2D eigenvalue weighted by Crippen LogP contribution is 2.36. The van der Waals surface area contributed by atoms with Crippen LogP contribution in [-0.4, -0.2) is 19.1 Å². The number of pyridine rings is 1. The summed E-state index contributed by atoms with van der Waals surface area (Å²) >= 11 is 0. The lowest BCUT2D eigenvalue weighted by atomic mass is 10.0. The molecule has 0 fully saturated rings. The van der Waals surface area contributed by atoms with Crippen LogP contribution in [0.5, 0.6) is 0 Å². The Morgan fingerprint density at radius 3 is 2.48 bits per heavy atom. The van der Waals surface area contributed by atoms with E-state index in [0.29, 0.717) is 0 Å². The number of halogens is 1. The summed E-state index contributed by atoms with van der Waals surface area (Å²) < 4.78 is 0. The summed E-state index contributed by atoms with van der Waals surface area (Å²) in [5.41, 5.74) is 8.60. The molecule has 0 spiro atoms. The number of hydrogen-bond acceptors (Lipinski definition) is 3. The van der Waals surface area contributed by atoms with Gasteiger partial charge in [-0.25, -0.2) is 0 Å². The molecule has 1 heterocycles. The summed E-state index contributed by atoms with van der Waals surface area (Å²) in [4.78, 5) is 7.01. The van der Waals surface area contributed by atoms with Gasteiger partial charge in [0.2, 0.25) is 0 Å². The van der Waals surface area contributed by atoms with Gasteiger partial charge in [0, 0.05) is 36.6 Å². The molecule has 0 saturated heterocycles. The normalized spacial score (nSPS) is 12.6. The summed E-state index contributed by atoms with van der Waals surface area (Å²) in [5.74, 6) is 0. The number of anilines is 3. The standard InChI is InChI=1S/C21H23N3.ClH/c1-14-7-12-20-18(13-14)21(17-5-4-6-19(17)23-20)22-15-8-10-16(11-9-15)24(2)3;/h7-13H,4-6H2,1-3H3,(H,22,23);1H/p-1. The zero-order valence-electron chi connectivity index (χ0n) is 14.9. The first-order valence-electron chi connectivity index (χ1n) is 8.58. The van der Waals surface area contributed by atoms with Crippen LogP contribution in [0.15, 0.2) is 42.5 Å². The van der Waals surface area contributed by atoms with Crippen molar-refractivity contribution in [1.29, 1.82) is 0 Å². The molecule has 3 nitrogen and oxygen atoms in total. The molecule has 0 atom stereocenters. The zero-order valence-corrected chi connectivity index (χ0v) is 15.7. The summed E-state index contributed by atoms with van der Waals surface area (Å²) in [6, 6.07) is 15.1. The van der Waals surface area contributed by atoms with Gasteiger partial charge in [0.25, 0.3) is 0 Å². The molecule has 4 heteroatoms. The highest BCUT2D eigenvalue weighted by atomic mass is 35.5. The van der Waals surface area contributed by atoms with Crippen LogP contribution in [0.3, 0.4) is 0 Å². The van der Waals surface area contributed by atoms with Crippen molar-refractivity contribution in [3.63, 3.8) is 0 Å². The highest BCUT2D eigenvalue weighted by Gasteiger charge is 2.19. The van der Waals surface area contributed by atoms with Gasteiger partial charge in [0.05, 0.1) is 11.2 Å². The zero-order chi connectivity index (χ0) is 16.7.